The maximum Gasteiger partial charge on any atom is 0.0925 e. The predicted octanol–water partition coefficient (Wildman–Crippen LogP) is 4.36. The number of rotatable bonds is 0. The van der Waals surface area contributed by atoms with E-state index in [0.29, 0.717) is 17.6 Å². The van der Waals surface area contributed by atoms with E-state index in [4.69, 9.17) is 0 Å². The van der Waals surface area contributed by atoms with Crippen LogP contribution in [0.2, 0.25) is 0 Å². The molecular formula is C19H28O2. The number of fused-ring (bicyclic) bond motifs is 5. The fraction of sp³-hybridized carbons (Fsp3) is 0.789. The summed E-state index contributed by atoms with van der Waals surface area (Å²) in [5.74, 6) is 3.44. The van der Waals surface area contributed by atoms with Gasteiger partial charge in [0.15, 0.2) is 0 Å². The molecule has 4 aliphatic rings. The first-order valence-electron chi connectivity index (χ1n) is 8.74. The molecule has 0 unspecified atom stereocenters. The third-order valence-electron chi connectivity index (χ3n) is 7.67. The van der Waals surface area contributed by atoms with Crippen LogP contribution in [0.25, 0.3) is 0 Å². The third kappa shape index (κ3) is 1.81. The van der Waals surface area contributed by atoms with Crippen molar-refractivity contribution in [2.24, 2.45) is 29.1 Å². The summed E-state index contributed by atoms with van der Waals surface area (Å²) in [6, 6.07) is 0. The van der Waals surface area contributed by atoms with Crippen LogP contribution >= 0.6 is 0 Å². The van der Waals surface area contributed by atoms with Gasteiger partial charge in [0.25, 0.3) is 0 Å². The van der Waals surface area contributed by atoms with E-state index in [1.807, 2.05) is 6.08 Å². The topological polar surface area (TPSA) is 40.5 Å². The summed E-state index contributed by atoms with van der Waals surface area (Å²) in [4.78, 5) is 0. The highest BCUT2D eigenvalue weighted by molar-refractivity contribution is 5.31. The molecular weight excluding hydrogens is 260 g/mol. The van der Waals surface area contributed by atoms with Gasteiger partial charge in [-0.15, -0.1) is 0 Å². The molecule has 0 aromatic rings. The highest BCUT2D eigenvalue weighted by Gasteiger charge is 2.60. The highest BCUT2D eigenvalue weighted by atomic mass is 16.3. The second-order valence-corrected chi connectivity index (χ2v) is 8.42. The average molecular weight is 288 g/mol. The molecule has 0 aromatic heterocycles. The summed E-state index contributed by atoms with van der Waals surface area (Å²) in [5, 5.41) is 20.6. The molecule has 0 heterocycles. The number of hydrogen-bond acceptors (Lipinski definition) is 2. The quantitative estimate of drug-likeness (QED) is 0.695. The van der Waals surface area contributed by atoms with E-state index in [9.17, 15) is 10.2 Å². The van der Waals surface area contributed by atoms with Gasteiger partial charge in [-0.3, -0.25) is 0 Å². The average Bonchev–Trinajstić information content (AvgIpc) is 2.69. The molecule has 4 rings (SSSR count). The van der Waals surface area contributed by atoms with Crippen LogP contribution in [0.5, 0.6) is 0 Å². The van der Waals surface area contributed by atoms with Crippen LogP contribution in [0.1, 0.15) is 58.8 Å². The van der Waals surface area contributed by atoms with E-state index in [1.165, 1.54) is 24.8 Å². The Morgan fingerprint density at radius 2 is 1.90 bits per heavy atom. The molecule has 0 aliphatic heterocycles. The maximum atomic E-state index is 10.8. The Morgan fingerprint density at radius 1 is 1.10 bits per heavy atom. The smallest absolute Gasteiger partial charge is 0.0925 e. The highest BCUT2D eigenvalue weighted by Crippen LogP contribution is 2.64. The lowest BCUT2D eigenvalue weighted by molar-refractivity contribution is -0.102. The van der Waals surface area contributed by atoms with E-state index in [2.05, 4.69) is 19.9 Å². The Labute approximate surface area is 127 Å². The Morgan fingerprint density at radius 3 is 2.71 bits per heavy atom. The first kappa shape index (κ1) is 13.9. The van der Waals surface area contributed by atoms with Crippen LogP contribution in [0.4, 0.5) is 0 Å². The van der Waals surface area contributed by atoms with Crippen molar-refractivity contribution in [3.05, 3.63) is 23.5 Å². The molecule has 2 nitrogen and oxygen atoms in total. The van der Waals surface area contributed by atoms with Crippen LogP contribution in [0, 0.1) is 29.1 Å². The summed E-state index contributed by atoms with van der Waals surface area (Å²) in [7, 11) is 0. The zero-order chi connectivity index (χ0) is 14.8. The summed E-state index contributed by atoms with van der Waals surface area (Å²) in [6.45, 7) is 4.41. The van der Waals surface area contributed by atoms with Crippen molar-refractivity contribution < 1.29 is 10.2 Å². The van der Waals surface area contributed by atoms with Gasteiger partial charge in [-0.2, -0.15) is 0 Å². The Bertz CT molecular complexity index is 516. The SMILES string of the molecule is C[C@]1(O)CC[C@H]2[C@@H]3CC=C4C=C(O)CC[C@@H]4[C@H]3CC[C@@]21C. The maximum absolute atomic E-state index is 10.8. The minimum atomic E-state index is -0.475. The predicted molar refractivity (Wildman–Crippen MR) is 83.8 cm³/mol. The molecule has 0 spiro atoms. The van der Waals surface area contributed by atoms with Gasteiger partial charge in [0, 0.05) is 6.42 Å². The summed E-state index contributed by atoms with van der Waals surface area (Å²) in [5.41, 5.74) is 1.04. The van der Waals surface area contributed by atoms with Gasteiger partial charge in [0.05, 0.1) is 11.4 Å². The van der Waals surface area contributed by atoms with Crippen LogP contribution < -0.4 is 0 Å². The lowest BCUT2D eigenvalue weighted by atomic mass is 9.52. The van der Waals surface area contributed by atoms with E-state index >= 15 is 0 Å². The Kier molecular flexibility index (Phi) is 2.89. The lowest BCUT2D eigenvalue weighted by Gasteiger charge is -2.54. The standard InChI is InChI=1S/C19H28O2/c1-18-9-7-15-14-6-4-13(20)11-12(14)3-5-16(15)17(18)8-10-19(18,2)21/h3,11,14-17,20-21H,4-10H2,1-2H3/t14-,15+,16+,17-,18-,19-/m0/s1. The van der Waals surface area contributed by atoms with Crippen LogP contribution in [-0.4, -0.2) is 15.8 Å². The molecule has 0 aromatic carbocycles. The fourth-order valence-corrected chi connectivity index (χ4v) is 6.18. The molecule has 0 saturated heterocycles. The van der Waals surface area contributed by atoms with Gasteiger partial charge in [-0.1, -0.05) is 13.0 Å². The zero-order valence-electron chi connectivity index (χ0n) is 13.3. The van der Waals surface area contributed by atoms with E-state index in [1.54, 1.807) is 0 Å². The zero-order valence-corrected chi connectivity index (χ0v) is 13.3. The van der Waals surface area contributed by atoms with Crippen molar-refractivity contribution in [2.45, 2.75) is 64.4 Å². The first-order chi connectivity index (χ1) is 9.92. The molecule has 2 saturated carbocycles. The number of aliphatic hydroxyl groups excluding tert-OH is 1. The van der Waals surface area contributed by atoms with Crippen molar-refractivity contribution >= 4 is 0 Å². The molecule has 6 atom stereocenters. The molecule has 116 valence electrons. The molecule has 0 bridgehead atoms. The third-order valence-corrected chi connectivity index (χ3v) is 7.67. The molecule has 2 fully saturated rings. The van der Waals surface area contributed by atoms with E-state index < -0.39 is 5.60 Å². The van der Waals surface area contributed by atoms with Crippen molar-refractivity contribution in [3.8, 4) is 0 Å². The molecule has 4 aliphatic carbocycles. The number of hydrogen-bond donors (Lipinski definition) is 2. The normalized spacial score (nSPS) is 52.3. The van der Waals surface area contributed by atoms with Crippen molar-refractivity contribution in [2.75, 3.05) is 0 Å². The van der Waals surface area contributed by atoms with Gasteiger partial charge >= 0.3 is 0 Å². The minimum absolute atomic E-state index is 0.117. The fourth-order valence-electron chi connectivity index (χ4n) is 6.18. The van der Waals surface area contributed by atoms with Gasteiger partial charge < -0.3 is 10.2 Å². The van der Waals surface area contributed by atoms with Crippen molar-refractivity contribution in [1.82, 2.24) is 0 Å². The van der Waals surface area contributed by atoms with Crippen molar-refractivity contribution in [1.29, 1.82) is 0 Å². The molecule has 0 radical (unpaired) electrons. The summed E-state index contributed by atoms with van der Waals surface area (Å²) < 4.78 is 0. The minimum Gasteiger partial charge on any atom is -0.512 e. The number of aliphatic hydroxyl groups is 2. The van der Waals surface area contributed by atoms with Gasteiger partial charge in [0.2, 0.25) is 0 Å². The van der Waals surface area contributed by atoms with E-state index in [0.717, 1.165) is 37.5 Å². The van der Waals surface area contributed by atoms with Crippen LogP contribution in [0.15, 0.2) is 23.5 Å². The van der Waals surface area contributed by atoms with Gasteiger partial charge in [0.1, 0.15) is 0 Å². The van der Waals surface area contributed by atoms with Crippen LogP contribution in [-0.2, 0) is 0 Å². The van der Waals surface area contributed by atoms with Gasteiger partial charge in [-0.25, -0.2) is 0 Å². The molecule has 0 amide bonds. The summed E-state index contributed by atoms with van der Waals surface area (Å²) >= 11 is 0. The first-order valence-corrected chi connectivity index (χ1v) is 8.74. The Balaban J connectivity index is 1.67. The Hall–Kier alpha value is -0.760. The molecule has 21 heavy (non-hydrogen) atoms. The van der Waals surface area contributed by atoms with E-state index in [-0.39, 0.29) is 5.41 Å². The monoisotopic (exact) mass is 288 g/mol. The molecule has 2 heteroatoms. The molecule has 2 N–H and O–H groups in total. The summed E-state index contributed by atoms with van der Waals surface area (Å²) in [6.07, 6.45) is 12.1. The van der Waals surface area contributed by atoms with Crippen molar-refractivity contribution in [3.63, 3.8) is 0 Å². The largest absolute Gasteiger partial charge is 0.512 e. The number of allylic oxidation sites excluding steroid dienone is 4. The second kappa shape index (κ2) is 4.38. The van der Waals surface area contributed by atoms with Crippen LogP contribution in [0.3, 0.4) is 0 Å². The second-order valence-electron chi connectivity index (χ2n) is 8.42. The van der Waals surface area contributed by atoms with Gasteiger partial charge in [-0.05, 0) is 86.2 Å². The lowest BCUT2D eigenvalue weighted by Crippen LogP contribution is -2.50.